The van der Waals surface area contributed by atoms with Crippen LogP contribution in [0.15, 0.2) is 41.4 Å². The molecule has 1 heterocycles. The van der Waals surface area contributed by atoms with E-state index in [1.54, 1.807) is 17.9 Å². The Morgan fingerprint density at radius 3 is 2.33 bits per heavy atom. The molecule has 2 aromatic rings. The second-order valence-electron chi connectivity index (χ2n) is 7.03. The van der Waals surface area contributed by atoms with Gasteiger partial charge in [-0.1, -0.05) is 52.3 Å². The number of aryl methyl sites for hydroxylation is 1. The summed E-state index contributed by atoms with van der Waals surface area (Å²) in [5.74, 6) is 0. The van der Waals surface area contributed by atoms with Crippen molar-refractivity contribution in [3.05, 3.63) is 42.2 Å². The summed E-state index contributed by atoms with van der Waals surface area (Å²) < 4.78 is 29.9. The van der Waals surface area contributed by atoms with Crippen LogP contribution in [0.3, 0.4) is 0 Å². The molecular weight excluding hydrogens is 322 g/mol. The van der Waals surface area contributed by atoms with E-state index < -0.39 is 10.0 Å². The molecule has 1 aromatic heterocycles. The summed E-state index contributed by atoms with van der Waals surface area (Å²) in [6, 6.07) is 9.27. The topological polar surface area (TPSA) is 55.2 Å². The van der Waals surface area contributed by atoms with Crippen LogP contribution in [-0.4, -0.2) is 24.7 Å². The summed E-state index contributed by atoms with van der Waals surface area (Å²) >= 11 is 0. The van der Waals surface area contributed by atoms with Crippen molar-refractivity contribution in [2.24, 2.45) is 7.05 Å². The Bertz CT molecular complexity index is 774. The largest absolute Gasteiger partial charge is 0.274 e. The Morgan fingerprint density at radius 2 is 1.79 bits per heavy atom. The van der Waals surface area contributed by atoms with Crippen molar-refractivity contribution in [3.63, 3.8) is 0 Å². The van der Waals surface area contributed by atoms with Crippen LogP contribution < -0.4 is 4.31 Å². The van der Waals surface area contributed by atoms with Gasteiger partial charge in [0, 0.05) is 25.2 Å². The first-order valence-electron chi connectivity index (χ1n) is 8.30. The van der Waals surface area contributed by atoms with Gasteiger partial charge >= 0.3 is 0 Å². The molecule has 132 valence electrons. The summed E-state index contributed by atoms with van der Waals surface area (Å²) in [6.07, 6.45) is 3.34. The van der Waals surface area contributed by atoms with Crippen molar-refractivity contribution in [2.75, 3.05) is 10.8 Å². The number of hydrogen-bond donors (Lipinski definition) is 0. The molecule has 24 heavy (non-hydrogen) atoms. The average molecular weight is 350 g/mol. The molecule has 0 unspecified atom stereocenters. The van der Waals surface area contributed by atoms with Crippen LogP contribution >= 0.6 is 0 Å². The number of sulfonamides is 1. The lowest BCUT2D eigenvalue weighted by Gasteiger charge is -2.26. The number of benzene rings is 1. The van der Waals surface area contributed by atoms with Crippen LogP contribution in [0.1, 0.15) is 46.2 Å². The average Bonchev–Trinajstić information content (AvgIpc) is 2.92. The van der Waals surface area contributed by atoms with Gasteiger partial charge in [0.15, 0.2) is 0 Å². The maximum absolute atomic E-state index is 13.4. The minimum Gasteiger partial charge on any atom is -0.274 e. The molecular formula is C18H27N3O2S. The molecule has 0 fully saturated rings. The highest BCUT2D eigenvalue weighted by Crippen LogP contribution is 2.31. The normalized spacial score (nSPS) is 12.4. The molecule has 0 aliphatic rings. The maximum Gasteiger partial charge on any atom is 0.267 e. The third kappa shape index (κ3) is 3.80. The third-order valence-electron chi connectivity index (χ3n) is 3.83. The minimum atomic E-state index is -3.67. The second-order valence-corrected chi connectivity index (χ2v) is 8.86. The number of anilines is 1. The van der Waals surface area contributed by atoms with Crippen molar-refractivity contribution in [2.45, 2.75) is 50.8 Å². The Kier molecular flexibility index (Phi) is 5.38. The van der Waals surface area contributed by atoms with E-state index in [1.807, 2.05) is 51.1 Å². The van der Waals surface area contributed by atoms with Gasteiger partial charge in [0.25, 0.3) is 10.0 Å². The Labute approximate surface area is 145 Å². The lowest BCUT2D eigenvalue weighted by Crippen LogP contribution is -2.33. The highest BCUT2D eigenvalue weighted by Gasteiger charge is 2.33. The van der Waals surface area contributed by atoms with E-state index in [-0.39, 0.29) is 10.3 Å². The van der Waals surface area contributed by atoms with Crippen LogP contribution in [0.25, 0.3) is 0 Å². The highest BCUT2D eigenvalue weighted by molar-refractivity contribution is 7.92. The molecule has 0 aliphatic carbocycles. The number of aromatic nitrogens is 2. The first kappa shape index (κ1) is 18.5. The van der Waals surface area contributed by atoms with Crippen molar-refractivity contribution in [1.82, 2.24) is 9.78 Å². The van der Waals surface area contributed by atoms with E-state index in [2.05, 4.69) is 12.0 Å². The lowest BCUT2D eigenvalue weighted by molar-refractivity contribution is 0.537. The van der Waals surface area contributed by atoms with Crippen LogP contribution in [0.4, 0.5) is 5.69 Å². The number of hydrogen-bond acceptors (Lipinski definition) is 3. The molecule has 1 aromatic carbocycles. The molecule has 5 nitrogen and oxygen atoms in total. The quantitative estimate of drug-likeness (QED) is 0.799. The molecule has 0 saturated heterocycles. The van der Waals surface area contributed by atoms with Crippen molar-refractivity contribution >= 4 is 15.7 Å². The molecule has 2 rings (SSSR count). The number of nitrogens with zero attached hydrogens (tertiary/aromatic N) is 3. The lowest BCUT2D eigenvalue weighted by atomic mass is 9.92. The third-order valence-corrected chi connectivity index (χ3v) is 5.66. The van der Waals surface area contributed by atoms with E-state index in [1.165, 1.54) is 4.31 Å². The summed E-state index contributed by atoms with van der Waals surface area (Å²) in [5, 5.41) is 4.42. The monoisotopic (exact) mass is 349 g/mol. The van der Waals surface area contributed by atoms with E-state index >= 15 is 0 Å². The molecule has 0 radical (unpaired) electrons. The second kappa shape index (κ2) is 6.97. The van der Waals surface area contributed by atoms with Crippen molar-refractivity contribution in [1.29, 1.82) is 0 Å². The zero-order chi connectivity index (χ0) is 18.0. The molecule has 0 N–H and O–H groups in total. The zero-order valence-corrected chi connectivity index (χ0v) is 16.0. The predicted molar refractivity (Wildman–Crippen MR) is 97.8 cm³/mol. The Hall–Kier alpha value is -1.82. The predicted octanol–water partition coefficient (Wildman–Crippen LogP) is 3.71. The summed E-state index contributed by atoms with van der Waals surface area (Å²) in [4.78, 5) is 0.289. The number of rotatable bonds is 6. The molecule has 0 spiro atoms. The standard InChI is InChI=1S/C18H27N3O2S/c1-6-7-13-21(15-11-9-8-10-12-15)24(22,23)16-14-20(5)19-17(16)18(2,3)4/h8-12,14H,6-7,13H2,1-5H3. The van der Waals surface area contributed by atoms with Gasteiger partial charge in [-0.3, -0.25) is 8.99 Å². The SMILES string of the molecule is CCCCN(c1ccccc1)S(=O)(=O)c1cn(C)nc1C(C)(C)C. The molecule has 0 aliphatic heterocycles. The van der Waals surface area contributed by atoms with E-state index in [0.29, 0.717) is 17.9 Å². The number of unbranched alkanes of at least 4 members (excludes halogenated alkanes) is 1. The van der Waals surface area contributed by atoms with Crippen molar-refractivity contribution < 1.29 is 8.42 Å². The van der Waals surface area contributed by atoms with Crippen LogP contribution in [0.2, 0.25) is 0 Å². The molecule has 0 bridgehead atoms. The van der Waals surface area contributed by atoms with Gasteiger partial charge in [-0.15, -0.1) is 0 Å². The zero-order valence-electron chi connectivity index (χ0n) is 15.2. The molecule has 0 amide bonds. The van der Waals surface area contributed by atoms with Gasteiger partial charge in [-0.25, -0.2) is 8.42 Å². The molecule has 6 heteroatoms. The fourth-order valence-electron chi connectivity index (χ4n) is 2.58. The van der Waals surface area contributed by atoms with Gasteiger partial charge in [0.2, 0.25) is 0 Å². The van der Waals surface area contributed by atoms with Crippen molar-refractivity contribution in [3.8, 4) is 0 Å². The van der Waals surface area contributed by atoms with Gasteiger partial charge in [-0.2, -0.15) is 5.10 Å². The van der Waals surface area contributed by atoms with Crippen LogP contribution in [0, 0.1) is 0 Å². The summed E-state index contributed by atoms with van der Waals surface area (Å²) in [7, 11) is -1.91. The maximum atomic E-state index is 13.4. The Balaban J connectivity index is 2.57. The Morgan fingerprint density at radius 1 is 1.17 bits per heavy atom. The van der Waals surface area contributed by atoms with Crippen LogP contribution in [0.5, 0.6) is 0 Å². The fraction of sp³-hybridized carbons (Fsp3) is 0.500. The number of para-hydroxylation sites is 1. The summed E-state index contributed by atoms with van der Waals surface area (Å²) in [6.45, 7) is 8.45. The minimum absolute atomic E-state index is 0.289. The van der Waals surface area contributed by atoms with E-state index in [4.69, 9.17) is 0 Å². The van der Waals surface area contributed by atoms with Gasteiger partial charge < -0.3 is 0 Å². The summed E-state index contributed by atoms with van der Waals surface area (Å²) in [5.41, 5.74) is 0.939. The van der Waals surface area contributed by atoms with E-state index in [0.717, 1.165) is 12.8 Å². The fourth-order valence-corrected chi connectivity index (χ4v) is 4.46. The van der Waals surface area contributed by atoms with Gasteiger partial charge in [-0.05, 0) is 18.6 Å². The molecule has 0 atom stereocenters. The van der Waals surface area contributed by atoms with Gasteiger partial charge in [0.05, 0.1) is 11.4 Å². The smallest absolute Gasteiger partial charge is 0.267 e. The van der Waals surface area contributed by atoms with Crippen LogP contribution in [-0.2, 0) is 22.5 Å². The van der Waals surface area contributed by atoms with Gasteiger partial charge in [0.1, 0.15) is 4.90 Å². The highest BCUT2D eigenvalue weighted by atomic mass is 32.2. The van der Waals surface area contributed by atoms with E-state index in [9.17, 15) is 8.42 Å². The first-order chi connectivity index (χ1) is 11.2. The first-order valence-corrected chi connectivity index (χ1v) is 9.74. The molecule has 0 saturated carbocycles.